The van der Waals surface area contributed by atoms with E-state index in [1.54, 1.807) is 0 Å². The van der Waals surface area contributed by atoms with Crippen molar-refractivity contribution in [3.8, 4) is 0 Å². The van der Waals surface area contributed by atoms with Gasteiger partial charge in [0.25, 0.3) is 0 Å². The minimum absolute atomic E-state index is 0.129. The van der Waals surface area contributed by atoms with Crippen LogP contribution < -0.4 is 5.32 Å². The minimum Gasteiger partial charge on any atom is -0.480 e. The Kier molecular flexibility index (Phi) is 39.8. The molecule has 0 aliphatic heterocycles. The van der Waals surface area contributed by atoms with E-state index in [1.807, 2.05) is 0 Å². The Labute approximate surface area is 352 Å². The van der Waals surface area contributed by atoms with Crippen LogP contribution >= 0.6 is 7.82 Å². The van der Waals surface area contributed by atoms with Gasteiger partial charge in [-0.15, -0.1) is 0 Å². The van der Waals surface area contributed by atoms with Crippen molar-refractivity contribution in [2.45, 2.75) is 219 Å². The normalized spacial score (nSPS) is 14.0. The molecule has 0 radical (unpaired) electrons. The first-order valence-corrected chi connectivity index (χ1v) is 24.5. The van der Waals surface area contributed by atoms with Crippen molar-refractivity contribution in [1.29, 1.82) is 0 Å². The lowest BCUT2D eigenvalue weighted by Crippen LogP contribution is -2.43. The molecule has 3 atom stereocenters. The quantitative estimate of drug-likeness (QED) is 0.0201. The number of aliphatic hydroxyl groups is 1. The molecule has 338 valence electrons. The molecule has 0 saturated heterocycles. The third-order valence-electron chi connectivity index (χ3n) is 9.90. The molecule has 0 rings (SSSR count). The number of aliphatic hydroxyl groups excluding tert-OH is 1. The fraction of sp³-hybridized carbons (Fsp3) is 0.804. The van der Waals surface area contributed by atoms with Gasteiger partial charge in [0.05, 0.1) is 13.2 Å². The lowest BCUT2D eigenvalue weighted by atomic mass is 10.1. The van der Waals surface area contributed by atoms with Crippen molar-refractivity contribution in [2.75, 3.05) is 19.8 Å². The predicted octanol–water partition coefficient (Wildman–Crippen LogP) is 12.0. The second kappa shape index (κ2) is 41.4. The number of amides is 1. The molecular weight excluding hydrogens is 757 g/mol. The number of phosphoric ester groups is 1. The molecule has 58 heavy (non-hydrogen) atoms. The number of carbonyl (C=O) groups is 3. The highest BCUT2D eigenvalue weighted by Crippen LogP contribution is 2.43. The van der Waals surface area contributed by atoms with Crippen LogP contribution in [0.2, 0.25) is 0 Å². The van der Waals surface area contributed by atoms with Gasteiger partial charge in [-0.2, -0.15) is 0 Å². The molecule has 0 heterocycles. The lowest BCUT2D eigenvalue weighted by molar-refractivity contribution is -0.147. The third kappa shape index (κ3) is 40.5. The van der Waals surface area contributed by atoms with E-state index in [-0.39, 0.29) is 12.8 Å². The van der Waals surface area contributed by atoms with E-state index in [2.05, 4.69) is 55.6 Å². The number of ether oxygens (including phenoxy) is 1. The zero-order valence-electron chi connectivity index (χ0n) is 36.6. The van der Waals surface area contributed by atoms with Gasteiger partial charge in [0.15, 0.2) is 6.04 Å². The molecule has 0 bridgehead atoms. The van der Waals surface area contributed by atoms with Crippen molar-refractivity contribution in [2.24, 2.45) is 0 Å². The largest absolute Gasteiger partial charge is 0.480 e. The van der Waals surface area contributed by atoms with Gasteiger partial charge in [-0.1, -0.05) is 159 Å². The van der Waals surface area contributed by atoms with Crippen molar-refractivity contribution < 1.29 is 47.8 Å². The highest BCUT2D eigenvalue weighted by Gasteiger charge is 2.28. The second-order valence-electron chi connectivity index (χ2n) is 15.6. The van der Waals surface area contributed by atoms with Crippen molar-refractivity contribution in [3.05, 3.63) is 36.5 Å². The molecule has 0 spiro atoms. The lowest BCUT2D eigenvalue weighted by Gasteiger charge is -2.18. The minimum atomic E-state index is -4.76. The van der Waals surface area contributed by atoms with E-state index < -0.39 is 57.6 Å². The van der Waals surface area contributed by atoms with Gasteiger partial charge in [-0.25, -0.2) is 9.36 Å². The van der Waals surface area contributed by atoms with Crippen LogP contribution in [0.1, 0.15) is 206 Å². The topological polar surface area (TPSA) is 169 Å². The number of phosphoric acid groups is 1. The van der Waals surface area contributed by atoms with E-state index >= 15 is 0 Å². The van der Waals surface area contributed by atoms with Crippen molar-refractivity contribution in [3.63, 3.8) is 0 Å². The summed E-state index contributed by atoms with van der Waals surface area (Å²) in [5.74, 6) is -2.39. The third-order valence-corrected chi connectivity index (χ3v) is 10.9. The highest BCUT2D eigenvalue weighted by atomic mass is 31.2. The van der Waals surface area contributed by atoms with E-state index in [4.69, 9.17) is 13.8 Å². The first kappa shape index (κ1) is 55.7. The summed E-state index contributed by atoms with van der Waals surface area (Å²) in [6.07, 6.45) is 44.5. The Bertz CT molecular complexity index is 1130. The molecule has 1 amide bonds. The van der Waals surface area contributed by atoms with Gasteiger partial charge in [-0.3, -0.25) is 18.6 Å². The fourth-order valence-electron chi connectivity index (χ4n) is 6.28. The van der Waals surface area contributed by atoms with Gasteiger partial charge in [-0.05, 0) is 70.6 Å². The van der Waals surface area contributed by atoms with Crippen LogP contribution in [0.25, 0.3) is 0 Å². The molecule has 12 heteroatoms. The van der Waals surface area contributed by atoms with Crippen LogP contribution in [0.5, 0.6) is 0 Å². The zero-order valence-corrected chi connectivity index (χ0v) is 37.5. The van der Waals surface area contributed by atoms with Crippen LogP contribution in [-0.4, -0.2) is 64.9 Å². The summed E-state index contributed by atoms with van der Waals surface area (Å²) in [4.78, 5) is 45.9. The van der Waals surface area contributed by atoms with E-state index in [9.17, 15) is 34.1 Å². The number of aliphatic carboxylic acids is 1. The number of allylic oxidation sites excluding steroid dienone is 6. The first-order chi connectivity index (χ1) is 28.1. The summed E-state index contributed by atoms with van der Waals surface area (Å²) in [5.41, 5.74) is 0. The molecule has 11 nitrogen and oxygen atoms in total. The molecule has 3 unspecified atom stereocenters. The molecule has 0 fully saturated rings. The Hall–Kier alpha value is -2.30. The average Bonchev–Trinajstić information content (AvgIpc) is 3.20. The monoisotopic (exact) mass is 842 g/mol. The molecule has 0 aliphatic carbocycles. The summed E-state index contributed by atoms with van der Waals surface area (Å²) < 4.78 is 26.9. The molecule has 4 N–H and O–H groups in total. The number of rotatable bonds is 43. The smallest absolute Gasteiger partial charge is 0.472 e. The number of nitrogens with one attached hydrogen (secondary N) is 1. The number of carboxylic acids is 1. The zero-order chi connectivity index (χ0) is 42.8. The van der Waals surface area contributed by atoms with Crippen molar-refractivity contribution >= 4 is 25.7 Å². The van der Waals surface area contributed by atoms with Crippen molar-refractivity contribution in [1.82, 2.24) is 5.32 Å². The molecule has 0 aliphatic rings. The number of unbranched alkanes of at least 4 members (excludes halogenated alkanes) is 23. The summed E-state index contributed by atoms with van der Waals surface area (Å²) >= 11 is 0. The van der Waals surface area contributed by atoms with E-state index in [1.165, 1.54) is 103 Å². The highest BCUT2D eigenvalue weighted by molar-refractivity contribution is 7.47. The summed E-state index contributed by atoms with van der Waals surface area (Å²) in [7, 11) is -4.76. The Morgan fingerprint density at radius 2 is 0.948 bits per heavy atom. The first-order valence-electron chi connectivity index (χ1n) is 23.0. The Morgan fingerprint density at radius 1 is 0.552 bits per heavy atom. The fourth-order valence-corrected chi connectivity index (χ4v) is 7.05. The molecule has 0 saturated carbocycles. The standard InChI is InChI=1S/C46H84NO10P/c1-3-5-7-9-11-13-15-17-19-20-21-22-24-26-28-30-32-34-36-38-45(50)55-39-42(48)40-56-58(53,54)57-41-43(46(51)52)47-44(49)37-35-33-31-29-27-25-23-18-16-14-12-10-8-6-4-2/h12,14,17-19,23,42-43,48H,3-11,13,15-16,20-22,24-41H2,1-2H3,(H,47,49)(H,51,52)(H,53,54)/b14-12-,19-17+,23-18-. The van der Waals surface area contributed by atoms with Crippen LogP contribution in [0.4, 0.5) is 0 Å². The van der Waals surface area contributed by atoms with Gasteiger partial charge in [0.1, 0.15) is 12.7 Å². The maximum Gasteiger partial charge on any atom is 0.472 e. The number of esters is 1. The Balaban J connectivity index is 3.88. The Morgan fingerprint density at radius 3 is 1.45 bits per heavy atom. The molecule has 0 aromatic rings. The summed E-state index contributed by atoms with van der Waals surface area (Å²) in [6, 6.07) is -1.55. The summed E-state index contributed by atoms with van der Waals surface area (Å²) in [5, 5.41) is 21.8. The molecule has 0 aromatic carbocycles. The van der Waals surface area contributed by atoms with E-state index in [0.29, 0.717) is 12.8 Å². The number of carboxylic acid groups (broad SMARTS) is 1. The SMILES string of the molecule is CCCCC/C=C\C/C=C\CCCCCCCC(=O)NC(COP(=O)(O)OCC(O)COC(=O)CCCCCCCCCCC/C=C/CCCCCCCC)C(=O)O. The molecular formula is C46H84NO10P. The van der Waals surface area contributed by atoms with E-state index in [0.717, 1.165) is 64.2 Å². The number of hydrogen-bond donors (Lipinski definition) is 4. The van der Waals surface area contributed by atoms with Crippen LogP contribution in [-0.2, 0) is 32.7 Å². The van der Waals surface area contributed by atoms with Gasteiger partial charge >= 0.3 is 19.8 Å². The van der Waals surface area contributed by atoms with Gasteiger partial charge in [0.2, 0.25) is 5.91 Å². The number of carbonyl (C=O) groups excluding carboxylic acids is 2. The average molecular weight is 842 g/mol. The maximum absolute atomic E-state index is 12.3. The van der Waals surface area contributed by atoms with Gasteiger partial charge < -0.3 is 25.2 Å². The van der Waals surface area contributed by atoms with Crippen LogP contribution in [0.15, 0.2) is 36.5 Å². The number of hydrogen-bond acceptors (Lipinski definition) is 8. The van der Waals surface area contributed by atoms with Crippen LogP contribution in [0.3, 0.4) is 0 Å². The summed E-state index contributed by atoms with van der Waals surface area (Å²) in [6.45, 7) is 2.56. The molecule has 0 aromatic heterocycles. The van der Waals surface area contributed by atoms with Gasteiger partial charge in [0, 0.05) is 12.8 Å². The van der Waals surface area contributed by atoms with Crippen LogP contribution in [0, 0.1) is 0 Å². The predicted molar refractivity (Wildman–Crippen MR) is 236 cm³/mol. The maximum atomic E-state index is 12.3. The second-order valence-corrected chi connectivity index (χ2v) is 17.0.